The molecule has 0 bridgehead atoms. The Morgan fingerprint density at radius 1 is 1.06 bits per heavy atom. The van der Waals surface area contributed by atoms with Gasteiger partial charge in [0.2, 0.25) is 0 Å². The van der Waals surface area contributed by atoms with E-state index in [2.05, 4.69) is 4.98 Å². The predicted molar refractivity (Wildman–Crippen MR) is 128 cm³/mol. The van der Waals surface area contributed by atoms with Gasteiger partial charge in [-0.1, -0.05) is 23.7 Å². The number of amides is 1. The lowest BCUT2D eigenvalue weighted by atomic mass is 10.0. The molecular formula is C25H23ClN4O4. The van der Waals surface area contributed by atoms with Crippen LogP contribution in [0.1, 0.15) is 23.0 Å². The van der Waals surface area contributed by atoms with E-state index >= 15 is 0 Å². The van der Waals surface area contributed by atoms with Crippen molar-refractivity contribution in [3.63, 3.8) is 0 Å². The monoisotopic (exact) mass is 478 g/mol. The maximum absolute atomic E-state index is 13.2. The number of hydrogen-bond donors (Lipinski definition) is 0. The summed E-state index contributed by atoms with van der Waals surface area (Å²) in [5.41, 5.74) is 3.00. The normalized spacial score (nSPS) is 15.4. The van der Waals surface area contributed by atoms with Gasteiger partial charge in [0.25, 0.3) is 5.91 Å². The van der Waals surface area contributed by atoms with E-state index in [0.717, 1.165) is 5.56 Å². The van der Waals surface area contributed by atoms with Crippen molar-refractivity contribution in [1.82, 2.24) is 14.9 Å². The summed E-state index contributed by atoms with van der Waals surface area (Å²) in [6.07, 6.45) is 2.00. The van der Waals surface area contributed by atoms with E-state index in [0.29, 0.717) is 65.8 Å². The van der Waals surface area contributed by atoms with Gasteiger partial charge in [-0.3, -0.25) is 4.79 Å². The fourth-order valence-electron chi connectivity index (χ4n) is 4.18. The van der Waals surface area contributed by atoms with Crippen LogP contribution in [0.25, 0.3) is 11.0 Å². The molecular weight excluding hydrogens is 456 g/mol. The zero-order chi connectivity index (χ0) is 23.7. The molecule has 2 aromatic carbocycles. The Kier molecular flexibility index (Phi) is 6.06. The van der Waals surface area contributed by atoms with E-state index in [1.807, 2.05) is 35.2 Å². The lowest BCUT2D eigenvalue weighted by molar-refractivity contribution is -0.127. The summed E-state index contributed by atoms with van der Waals surface area (Å²) in [4.78, 5) is 38.8. The topological polar surface area (TPSA) is 84.9 Å². The number of fused-ring (bicyclic) bond motifs is 2. The van der Waals surface area contributed by atoms with Crippen LogP contribution in [0.4, 0.5) is 5.82 Å². The third-order valence-corrected chi connectivity index (χ3v) is 6.13. The fourth-order valence-corrected chi connectivity index (χ4v) is 4.38. The van der Waals surface area contributed by atoms with Gasteiger partial charge in [0.1, 0.15) is 12.0 Å². The van der Waals surface area contributed by atoms with Gasteiger partial charge in [0, 0.05) is 43.2 Å². The molecule has 1 saturated heterocycles. The first-order valence-electron chi connectivity index (χ1n) is 11.2. The van der Waals surface area contributed by atoms with Crippen molar-refractivity contribution in [2.75, 3.05) is 37.7 Å². The summed E-state index contributed by atoms with van der Waals surface area (Å²) in [5, 5.41) is 0.610. The molecule has 2 aliphatic heterocycles. The Bertz CT molecular complexity index is 1300. The number of nitrogens with zero attached hydrogens (tertiary/aromatic N) is 4. The summed E-state index contributed by atoms with van der Waals surface area (Å²) < 4.78 is 10.9. The molecule has 0 aliphatic carbocycles. The first-order chi connectivity index (χ1) is 16.5. The smallest absolute Gasteiger partial charge is 0.360 e. The number of aromatic nitrogens is 2. The van der Waals surface area contributed by atoms with Crippen molar-refractivity contribution in [3.8, 4) is 5.75 Å². The van der Waals surface area contributed by atoms with E-state index in [-0.39, 0.29) is 18.2 Å². The molecule has 0 spiro atoms. The molecule has 174 valence electrons. The Labute approximate surface area is 201 Å². The summed E-state index contributed by atoms with van der Waals surface area (Å²) in [6.45, 7) is 4.00. The van der Waals surface area contributed by atoms with Crippen LogP contribution in [0.2, 0.25) is 5.02 Å². The second kappa shape index (κ2) is 9.30. The summed E-state index contributed by atoms with van der Waals surface area (Å²) in [5.74, 6) is 0.622. The molecule has 3 heterocycles. The first-order valence-corrected chi connectivity index (χ1v) is 11.5. The second-order valence-electron chi connectivity index (χ2n) is 8.07. The van der Waals surface area contributed by atoms with E-state index < -0.39 is 5.97 Å². The molecule has 3 aromatic rings. The summed E-state index contributed by atoms with van der Waals surface area (Å²) in [7, 11) is 0. The molecule has 0 saturated carbocycles. The number of benzene rings is 2. The molecule has 5 rings (SSSR count). The minimum atomic E-state index is -0.504. The highest BCUT2D eigenvalue weighted by Gasteiger charge is 2.29. The van der Waals surface area contributed by atoms with Crippen molar-refractivity contribution in [1.29, 1.82) is 0 Å². The quantitative estimate of drug-likeness (QED) is 0.529. The van der Waals surface area contributed by atoms with E-state index in [1.54, 1.807) is 24.0 Å². The molecule has 1 aromatic heterocycles. The van der Waals surface area contributed by atoms with Crippen LogP contribution in [0.15, 0.2) is 54.3 Å². The average Bonchev–Trinajstić information content (AvgIpc) is 2.87. The van der Waals surface area contributed by atoms with Crippen LogP contribution in [0.5, 0.6) is 5.75 Å². The van der Waals surface area contributed by atoms with Gasteiger partial charge < -0.3 is 19.3 Å². The highest BCUT2D eigenvalue weighted by atomic mass is 35.5. The van der Waals surface area contributed by atoms with Crippen molar-refractivity contribution < 1.29 is 19.1 Å². The lowest BCUT2D eigenvalue weighted by Gasteiger charge is -2.36. The highest BCUT2D eigenvalue weighted by Crippen LogP contribution is 2.30. The van der Waals surface area contributed by atoms with Crippen molar-refractivity contribution in [2.24, 2.45) is 0 Å². The standard InChI is InChI=1S/C25H23ClN4O4/c1-2-33-25(32)22-23(28-20-6-4-3-5-19(20)27-22)29-9-11-30(12-10-29)24(31)17-13-16-14-18(26)7-8-21(16)34-15-17/h3-8,14-15H,2,9-13H2,1H3. The van der Waals surface area contributed by atoms with Gasteiger partial charge in [-0.05, 0) is 37.3 Å². The zero-order valence-electron chi connectivity index (χ0n) is 18.7. The molecule has 0 radical (unpaired) electrons. The molecule has 2 aliphatic rings. The van der Waals surface area contributed by atoms with Gasteiger partial charge in [-0.25, -0.2) is 14.8 Å². The Balaban J connectivity index is 1.32. The van der Waals surface area contributed by atoms with Gasteiger partial charge in [-0.2, -0.15) is 0 Å². The molecule has 1 amide bonds. The number of halogens is 1. The highest BCUT2D eigenvalue weighted by molar-refractivity contribution is 6.30. The Hall–Kier alpha value is -3.65. The number of anilines is 1. The van der Waals surface area contributed by atoms with E-state index in [4.69, 9.17) is 26.1 Å². The van der Waals surface area contributed by atoms with Crippen molar-refractivity contribution >= 4 is 40.3 Å². The van der Waals surface area contributed by atoms with Crippen LogP contribution >= 0.6 is 11.6 Å². The molecule has 0 N–H and O–H groups in total. The van der Waals surface area contributed by atoms with Crippen LogP contribution in [-0.2, 0) is 16.0 Å². The Morgan fingerprint density at radius 3 is 2.53 bits per heavy atom. The third kappa shape index (κ3) is 4.28. The van der Waals surface area contributed by atoms with Crippen LogP contribution < -0.4 is 9.64 Å². The Morgan fingerprint density at radius 2 is 1.79 bits per heavy atom. The third-order valence-electron chi connectivity index (χ3n) is 5.89. The van der Waals surface area contributed by atoms with Gasteiger partial charge >= 0.3 is 5.97 Å². The van der Waals surface area contributed by atoms with Crippen molar-refractivity contribution in [3.05, 3.63) is 70.6 Å². The maximum Gasteiger partial charge on any atom is 0.360 e. The van der Waals surface area contributed by atoms with Crippen LogP contribution in [0.3, 0.4) is 0 Å². The largest absolute Gasteiger partial charge is 0.464 e. The van der Waals surface area contributed by atoms with Crippen molar-refractivity contribution in [2.45, 2.75) is 13.3 Å². The molecule has 9 heteroatoms. The second-order valence-corrected chi connectivity index (χ2v) is 8.51. The van der Waals surface area contributed by atoms with E-state index in [1.165, 1.54) is 6.26 Å². The molecule has 34 heavy (non-hydrogen) atoms. The number of para-hydroxylation sites is 2. The van der Waals surface area contributed by atoms with Crippen LogP contribution in [-0.4, -0.2) is 59.5 Å². The number of ether oxygens (including phenoxy) is 2. The molecule has 1 fully saturated rings. The predicted octanol–water partition coefficient (Wildman–Crippen LogP) is 3.63. The van der Waals surface area contributed by atoms with Gasteiger partial charge in [0.05, 0.1) is 23.2 Å². The molecule has 0 atom stereocenters. The minimum absolute atomic E-state index is 0.0690. The number of carbonyl (C=O) groups excluding carboxylic acids is 2. The number of esters is 1. The minimum Gasteiger partial charge on any atom is -0.464 e. The maximum atomic E-state index is 13.2. The first kappa shape index (κ1) is 22.2. The molecule has 8 nitrogen and oxygen atoms in total. The average molecular weight is 479 g/mol. The summed E-state index contributed by atoms with van der Waals surface area (Å²) >= 11 is 6.10. The number of piperazine rings is 1. The van der Waals surface area contributed by atoms with Crippen LogP contribution in [0, 0.1) is 0 Å². The fraction of sp³-hybridized carbons (Fsp3) is 0.280. The number of hydrogen-bond acceptors (Lipinski definition) is 7. The van der Waals surface area contributed by atoms with E-state index in [9.17, 15) is 9.59 Å². The van der Waals surface area contributed by atoms with Gasteiger partial charge in [0.15, 0.2) is 11.5 Å². The lowest BCUT2D eigenvalue weighted by Crippen LogP contribution is -2.50. The van der Waals surface area contributed by atoms with Gasteiger partial charge in [-0.15, -0.1) is 0 Å². The number of rotatable bonds is 4. The zero-order valence-corrected chi connectivity index (χ0v) is 19.4. The number of carbonyl (C=O) groups is 2. The summed E-state index contributed by atoms with van der Waals surface area (Å²) in [6, 6.07) is 12.8. The molecule has 0 unspecified atom stereocenters. The SMILES string of the molecule is CCOC(=O)c1nc2ccccc2nc1N1CCN(C(=O)C2=COc3ccc(Cl)cc3C2)CC1.